The van der Waals surface area contributed by atoms with E-state index < -0.39 is 0 Å². The fourth-order valence-electron chi connectivity index (χ4n) is 4.38. The number of aliphatic imine (C=N–C) groups is 1. The Hall–Kier alpha value is -1.63. The Morgan fingerprint density at radius 3 is 2.26 bits per heavy atom. The van der Waals surface area contributed by atoms with Gasteiger partial charge in [-0.15, -0.1) is 0 Å². The minimum Gasteiger partial charge on any atom is -0.381 e. The smallest absolute Gasteiger partial charge is 0.191 e. The molecule has 1 aromatic carbocycles. The van der Waals surface area contributed by atoms with Gasteiger partial charge in [-0.1, -0.05) is 30.3 Å². The molecule has 0 radical (unpaired) electrons. The second-order valence-electron chi connectivity index (χ2n) is 9.22. The van der Waals surface area contributed by atoms with E-state index in [0.717, 1.165) is 58.2 Å². The minimum atomic E-state index is -0.0439. The van der Waals surface area contributed by atoms with Crippen LogP contribution in [0.25, 0.3) is 0 Å². The van der Waals surface area contributed by atoms with Crippen LogP contribution >= 0.6 is 0 Å². The maximum Gasteiger partial charge on any atom is 0.191 e. The Balaban J connectivity index is 2.03. The lowest BCUT2D eigenvalue weighted by molar-refractivity contribution is 0.0374. The normalized spacial score (nSPS) is 17.9. The minimum absolute atomic E-state index is 0.0439. The maximum atomic E-state index is 5.68. The van der Waals surface area contributed by atoms with E-state index >= 15 is 0 Å². The predicted octanol–water partition coefficient (Wildman–Crippen LogP) is 3.56. The van der Waals surface area contributed by atoms with Crippen molar-refractivity contribution < 1.29 is 4.74 Å². The van der Waals surface area contributed by atoms with Gasteiger partial charge in [-0.3, -0.25) is 9.89 Å². The topological polar surface area (TPSA) is 60.9 Å². The van der Waals surface area contributed by atoms with Crippen LogP contribution < -0.4 is 16.0 Å². The summed E-state index contributed by atoms with van der Waals surface area (Å²) in [6.45, 7) is 18.4. The van der Waals surface area contributed by atoms with E-state index in [0.29, 0.717) is 12.1 Å². The molecule has 1 saturated heterocycles. The summed E-state index contributed by atoms with van der Waals surface area (Å²) in [5.41, 5.74) is 1.27. The first kappa shape index (κ1) is 25.6. The monoisotopic (exact) mass is 431 g/mol. The van der Waals surface area contributed by atoms with Crippen LogP contribution in [0.4, 0.5) is 0 Å². The second-order valence-corrected chi connectivity index (χ2v) is 9.22. The molecule has 6 nitrogen and oxygen atoms in total. The van der Waals surface area contributed by atoms with Crippen molar-refractivity contribution in [3.05, 3.63) is 35.9 Å². The molecular weight excluding hydrogens is 386 g/mol. The van der Waals surface area contributed by atoms with Crippen LogP contribution in [-0.2, 0) is 4.74 Å². The first-order valence-electron chi connectivity index (χ1n) is 12.0. The highest BCUT2D eigenvalue weighted by Gasteiger charge is 2.34. The summed E-state index contributed by atoms with van der Waals surface area (Å²) in [6.07, 6.45) is 1.95. The molecular formula is C25H45N5O. The van der Waals surface area contributed by atoms with Crippen molar-refractivity contribution >= 4 is 5.96 Å². The van der Waals surface area contributed by atoms with Crippen molar-refractivity contribution in [2.75, 3.05) is 39.4 Å². The van der Waals surface area contributed by atoms with E-state index in [9.17, 15) is 0 Å². The zero-order valence-electron chi connectivity index (χ0n) is 20.6. The van der Waals surface area contributed by atoms with E-state index in [2.05, 4.69) is 92.7 Å². The van der Waals surface area contributed by atoms with Crippen LogP contribution in [0.15, 0.2) is 35.3 Å². The van der Waals surface area contributed by atoms with Crippen LogP contribution in [0.5, 0.6) is 0 Å². The van der Waals surface area contributed by atoms with E-state index in [1.54, 1.807) is 0 Å². The number of hydrogen-bond donors (Lipinski definition) is 3. The van der Waals surface area contributed by atoms with E-state index in [1.165, 1.54) is 5.56 Å². The highest BCUT2D eigenvalue weighted by molar-refractivity contribution is 5.79. The third-order valence-electron chi connectivity index (χ3n) is 6.15. The second kappa shape index (κ2) is 13.0. The van der Waals surface area contributed by atoms with Gasteiger partial charge in [-0.2, -0.15) is 0 Å². The van der Waals surface area contributed by atoms with E-state index in [4.69, 9.17) is 9.73 Å². The van der Waals surface area contributed by atoms with Crippen molar-refractivity contribution in [1.29, 1.82) is 0 Å². The van der Waals surface area contributed by atoms with E-state index in [1.807, 2.05) is 0 Å². The van der Waals surface area contributed by atoms with Crippen LogP contribution in [-0.4, -0.2) is 67.9 Å². The molecule has 2 rings (SSSR count). The molecule has 1 unspecified atom stereocenters. The number of nitrogens with zero attached hydrogens (tertiary/aromatic N) is 2. The zero-order chi connectivity index (χ0) is 22.7. The van der Waals surface area contributed by atoms with Crippen LogP contribution in [0.2, 0.25) is 0 Å². The number of nitrogens with one attached hydrogen (secondary N) is 3. The largest absolute Gasteiger partial charge is 0.381 e. The standard InChI is InChI=1S/C25H45N5O/c1-7-26-24(27-15-16-30(20(2)3)21(4)5)28-19-25(13-17-31-18-14-25)29-22(6)23-11-9-8-10-12-23/h8-12,20-22,29H,7,13-19H2,1-6H3,(H2,26,27,28). The van der Waals surface area contributed by atoms with Gasteiger partial charge in [0.2, 0.25) is 0 Å². The third kappa shape index (κ3) is 8.43. The average Bonchev–Trinajstić information content (AvgIpc) is 2.75. The summed E-state index contributed by atoms with van der Waals surface area (Å²) >= 11 is 0. The zero-order valence-corrected chi connectivity index (χ0v) is 20.6. The maximum absolute atomic E-state index is 5.68. The van der Waals surface area contributed by atoms with Crippen molar-refractivity contribution in [3.63, 3.8) is 0 Å². The first-order valence-corrected chi connectivity index (χ1v) is 12.0. The average molecular weight is 432 g/mol. The van der Waals surface area contributed by atoms with Crippen LogP contribution in [0, 0.1) is 0 Å². The fraction of sp³-hybridized carbons (Fsp3) is 0.720. The van der Waals surface area contributed by atoms with Gasteiger partial charge in [0.15, 0.2) is 5.96 Å². The van der Waals surface area contributed by atoms with Gasteiger partial charge in [0, 0.05) is 56.5 Å². The number of rotatable bonds is 11. The number of benzene rings is 1. The summed E-state index contributed by atoms with van der Waals surface area (Å²) in [6, 6.07) is 12.0. The molecule has 1 atom stereocenters. The molecule has 1 fully saturated rings. The van der Waals surface area contributed by atoms with Crippen LogP contribution in [0.3, 0.4) is 0 Å². The molecule has 1 aliphatic heterocycles. The summed E-state index contributed by atoms with van der Waals surface area (Å²) in [5.74, 6) is 0.898. The molecule has 0 aromatic heterocycles. The van der Waals surface area contributed by atoms with Crippen molar-refractivity contribution in [2.24, 2.45) is 4.99 Å². The quantitative estimate of drug-likeness (QED) is 0.369. The van der Waals surface area contributed by atoms with E-state index in [-0.39, 0.29) is 11.6 Å². The Labute approximate surface area is 190 Å². The van der Waals surface area contributed by atoms with Gasteiger partial charge in [0.1, 0.15) is 0 Å². The van der Waals surface area contributed by atoms with Crippen molar-refractivity contribution in [1.82, 2.24) is 20.9 Å². The molecule has 6 heteroatoms. The summed E-state index contributed by atoms with van der Waals surface area (Å²) in [5, 5.41) is 10.9. The number of guanidine groups is 1. The molecule has 0 spiro atoms. The Bertz CT molecular complexity index is 633. The molecule has 1 aliphatic rings. The predicted molar refractivity (Wildman–Crippen MR) is 132 cm³/mol. The van der Waals surface area contributed by atoms with Gasteiger partial charge in [-0.05, 0) is 59.9 Å². The highest BCUT2D eigenvalue weighted by Crippen LogP contribution is 2.26. The summed E-state index contributed by atoms with van der Waals surface area (Å²) in [4.78, 5) is 7.50. The molecule has 31 heavy (non-hydrogen) atoms. The lowest BCUT2D eigenvalue weighted by Crippen LogP contribution is -2.53. The Kier molecular flexibility index (Phi) is 10.8. The van der Waals surface area contributed by atoms with Gasteiger partial charge >= 0.3 is 0 Å². The third-order valence-corrected chi connectivity index (χ3v) is 6.15. The molecule has 0 aliphatic carbocycles. The Morgan fingerprint density at radius 2 is 1.68 bits per heavy atom. The Morgan fingerprint density at radius 1 is 1.03 bits per heavy atom. The van der Waals surface area contributed by atoms with Gasteiger partial charge < -0.3 is 20.7 Å². The molecule has 1 heterocycles. The summed E-state index contributed by atoms with van der Waals surface area (Å²) in [7, 11) is 0. The SMILES string of the molecule is CCNC(=NCC1(NC(C)c2ccccc2)CCOCC1)NCCN(C(C)C)C(C)C. The molecule has 0 amide bonds. The van der Waals surface area contributed by atoms with Gasteiger partial charge in [0.25, 0.3) is 0 Å². The van der Waals surface area contributed by atoms with Gasteiger partial charge in [-0.25, -0.2) is 0 Å². The lowest BCUT2D eigenvalue weighted by Gasteiger charge is -2.39. The lowest BCUT2D eigenvalue weighted by atomic mass is 9.88. The molecule has 1 aromatic rings. The molecule has 176 valence electrons. The molecule has 0 bridgehead atoms. The number of ether oxygens (including phenoxy) is 1. The summed E-state index contributed by atoms with van der Waals surface area (Å²) < 4.78 is 5.68. The first-order chi connectivity index (χ1) is 14.9. The molecule has 0 saturated carbocycles. The fourth-order valence-corrected chi connectivity index (χ4v) is 4.38. The van der Waals surface area contributed by atoms with Crippen molar-refractivity contribution in [3.8, 4) is 0 Å². The van der Waals surface area contributed by atoms with Crippen LogP contribution in [0.1, 0.15) is 66.0 Å². The molecule has 3 N–H and O–H groups in total. The highest BCUT2D eigenvalue weighted by atomic mass is 16.5. The van der Waals surface area contributed by atoms with Gasteiger partial charge in [0.05, 0.1) is 6.54 Å². The van der Waals surface area contributed by atoms with Crippen molar-refractivity contribution in [2.45, 2.75) is 78.0 Å². The number of hydrogen-bond acceptors (Lipinski definition) is 4.